The van der Waals surface area contributed by atoms with E-state index in [-0.39, 0.29) is 35.0 Å². The highest BCUT2D eigenvalue weighted by molar-refractivity contribution is 8.02. The highest BCUT2D eigenvalue weighted by Crippen LogP contribution is 2.71. The fourth-order valence-electron chi connectivity index (χ4n) is 6.16. The Morgan fingerprint density at radius 3 is 2.42 bits per heavy atom. The molecule has 3 saturated heterocycles. The molecule has 188 valence electrons. The third-order valence-corrected chi connectivity index (χ3v) is 9.73. The smallest absolute Gasteiger partial charge is 0.244 e. The van der Waals surface area contributed by atoms with Crippen LogP contribution >= 0.6 is 11.8 Å². The van der Waals surface area contributed by atoms with E-state index in [2.05, 4.69) is 24.5 Å². The van der Waals surface area contributed by atoms with Crippen LogP contribution in [0, 0.1) is 11.8 Å². The summed E-state index contributed by atoms with van der Waals surface area (Å²) in [5, 5.41) is 15.2. The van der Waals surface area contributed by atoms with Crippen molar-refractivity contribution in [3.8, 4) is 0 Å². The van der Waals surface area contributed by atoms with Crippen molar-refractivity contribution in [2.24, 2.45) is 11.8 Å². The van der Waals surface area contributed by atoms with E-state index in [1.165, 1.54) is 0 Å². The van der Waals surface area contributed by atoms with Crippen LogP contribution in [-0.4, -0.2) is 69.5 Å². The molecule has 0 aromatic rings. The zero-order valence-corrected chi connectivity index (χ0v) is 21.5. The standard InChI is InChI=1S/C25H43N3O4S/c1-4-6-9-15-27-22(31)20-25-13-12-24(3,33-25)18(21(30)26-14-5-2)19(25)23(32)28(20)16-10-7-8-11-17-29/h18-20,29H,4-17H2,1-3H3,(H,26,30)(H,27,31)/t18-,19+,20?,24+,25?/m1/s1. The lowest BCUT2D eigenvalue weighted by atomic mass is 9.66. The molecule has 2 unspecified atom stereocenters. The number of likely N-dealkylation sites (tertiary alicyclic amines) is 1. The largest absolute Gasteiger partial charge is 0.396 e. The first-order valence-electron chi connectivity index (χ1n) is 13.0. The van der Waals surface area contributed by atoms with Gasteiger partial charge in [-0.2, -0.15) is 0 Å². The fourth-order valence-corrected chi connectivity index (χ4v) is 8.51. The van der Waals surface area contributed by atoms with Gasteiger partial charge in [-0.3, -0.25) is 14.4 Å². The average molecular weight is 482 g/mol. The highest BCUT2D eigenvalue weighted by atomic mass is 32.2. The number of nitrogens with one attached hydrogen (secondary N) is 2. The normalized spacial score (nSPS) is 32.3. The first-order chi connectivity index (χ1) is 15.9. The molecule has 3 heterocycles. The maximum Gasteiger partial charge on any atom is 0.244 e. The van der Waals surface area contributed by atoms with E-state index in [4.69, 9.17) is 5.11 Å². The summed E-state index contributed by atoms with van der Waals surface area (Å²) in [6, 6.07) is -0.509. The van der Waals surface area contributed by atoms with Gasteiger partial charge in [-0.1, -0.05) is 39.5 Å². The minimum atomic E-state index is -0.514. The van der Waals surface area contributed by atoms with Gasteiger partial charge in [0.25, 0.3) is 0 Å². The second kappa shape index (κ2) is 11.4. The molecule has 0 radical (unpaired) electrons. The number of fused-ring (bicyclic) bond motifs is 1. The Bertz CT molecular complexity index is 720. The van der Waals surface area contributed by atoms with Crippen molar-refractivity contribution in [3.63, 3.8) is 0 Å². The van der Waals surface area contributed by atoms with Crippen molar-refractivity contribution < 1.29 is 19.5 Å². The van der Waals surface area contributed by atoms with Gasteiger partial charge in [-0.05, 0) is 45.4 Å². The summed E-state index contributed by atoms with van der Waals surface area (Å²) >= 11 is 1.74. The molecule has 1 spiro atoms. The molecule has 3 amide bonds. The second-order valence-electron chi connectivity index (χ2n) is 10.2. The first-order valence-corrected chi connectivity index (χ1v) is 13.8. The minimum Gasteiger partial charge on any atom is -0.396 e. The predicted octanol–water partition coefficient (Wildman–Crippen LogP) is 2.85. The monoisotopic (exact) mass is 481 g/mol. The molecule has 3 rings (SSSR count). The lowest BCUT2D eigenvalue weighted by Crippen LogP contribution is -2.54. The number of carbonyl (C=O) groups is 3. The third-order valence-electron chi connectivity index (χ3n) is 7.74. The lowest BCUT2D eigenvalue weighted by molar-refractivity contribution is -0.140. The molecular formula is C25H43N3O4S. The van der Waals surface area contributed by atoms with Crippen LogP contribution in [0.15, 0.2) is 0 Å². The molecule has 8 heteroatoms. The molecule has 3 aliphatic rings. The molecule has 0 aromatic carbocycles. The first kappa shape index (κ1) is 26.3. The van der Waals surface area contributed by atoms with Gasteiger partial charge in [0.05, 0.1) is 16.6 Å². The molecule has 3 aliphatic heterocycles. The van der Waals surface area contributed by atoms with Crippen molar-refractivity contribution in [2.45, 2.75) is 101 Å². The van der Waals surface area contributed by atoms with Crippen molar-refractivity contribution in [3.05, 3.63) is 0 Å². The van der Waals surface area contributed by atoms with Crippen LogP contribution in [0.5, 0.6) is 0 Å². The van der Waals surface area contributed by atoms with Crippen LogP contribution in [0.2, 0.25) is 0 Å². The summed E-state index contributed by atoms with van der Waals surface area (Å²) < 4.78 is -0.813. The predicted molar refractivity (Wildman–Crippen MR) is 132 cm³/mol. The number of rotatable bonds is 14. The van der Waals surface area contributed by atoms with Crippen LogP contribution < -0.4 is 10.6 Å². The topological polar surface area (TPSA) is 98.7 Å². The van der Waals surface area contributed by atoms with Gasteiger partial charge in [0.1, 0.15) is 6.04 Å². The van der Waals surface area contributed by atoms with Gasteiger partial charge in [0.15, 0.2) is 0 Å². The third kappa shape index (κ3) is 5.07. The van der Waals surface area contributed by atoms with E-state index >= 15 is 0 Å². The highest BCUT2D eigenvalue weighted by Gasteiger charge is 2.76. The van der Waals surface area contributed by atoms with Gasteiger partial charge in [-0.25, -0.2) is 0 Å². The summed E-state index contributed by atoms with van der Waals surface area (Å²) in [6.45, 7) is 8.24. The molecule has 5 atom stereocenters. The summed E-state index contributed by atoms with van der Waals surface area (Å²) in [7, 11) is 0. The van der Waals surface area contributed by atoms with E-state index in [9.17, 15) is 14.4 Å². The lowest BCUT2D eigenvalue weighted by Gasteiger charge is -2.34. The van der Waals surface area contributed by atoms with E-state index in [0.29, 0.717) is 19.6 Å². The fraction of sp³-hybridized carbons (Fsp3) is 0.880. The molecule has 0 saturated carbocycles. The Hall–Kier alpha value is -1.28. The molecule has 0 aliphatic carbocycles. The quantitative estimate of drug-likeness (QED) is 0.331. The van der Waals surface area contributed by atoms with Crippen LogP contribution in [-0.2, 0) is 14.4 Å². The number of thioether (sulfide) groups is 1. The number of nitrogens with zero attached hydrogens (tertiary/aromatic N) is 1. The zero-order chi connectivity index (χ0) is 24.1. The van der Waals surface area contributed by atoms with Crippen molar-refractivity contribution in [1.29, 1.82) is 0 Å². The molecule has 3 N–H and O–H groups in total. The Balaban J connectivity index is 1.83. The number of carbonyl (C=O) groups excluding carboxylic acids is 3. The van der Waals surface area contributed by atoms with Crippen molar-refractivity contribution in [2.75, 3.05) is 26.2 Å². The van der Waals surface area contributed by atoms with Crippen molar-refractivity contribution >= 4 is 29.5 Å². The molecule has 7 nitrogen and oxygen atoms in total. The van der Waals surface area contributed by atoms with Gasteiger partial charge < -0.3 is 20.6 Å². The molecule has 0 aromatic heterocycles. The van der Waals surface area contributed by atoms with Crippen molar-refractivity contribution in [1.82, 2.24) is 15.5 Å². The Labute approximate surface area is 203 Å². The van der Waals surface area contributed by atoms with Gasteiger partial charge in [0.2, 0.25) is 17.7 Å². The van der Waals surface area contributed by atoms with Crippen LogP contribution in [0.1, 0.15) is 85.0 Å². The molecule has 33 heavy (non-hydrogen) atoms. The SMILES string of the molecule is CCCCCNC(=O)C1N(CCCCCCO)C(=O)[C@@H]2[C@H](C(=O)NCCC)[C@]3(C)CCC12S3. The summed E-state index contributed by atoms with van der Waals surface area (Å²) in [5.41, 5.74) is 0. The van der Waals surface area contributed by atoms with Crippen LogP contribution in [0.25, 0.3) is 0 Å². The molecule has 3 fully saturated rings. The maximum atomic E-state index is 13.8. The molecular weight excluding hydrogens is 438 g/mol. The number of aliphatic hydroxyl groups is 1. The molecule has 2 bridgehead atoms. The Morgan fingerprint density at radius 2 is 1.73 bits per heavy atom. The Morgan fingerprint density at radius 1 is 1.00 bits per heavy atom. The average Bonchev–Trinajstić information content (AvgIpc) is 3.36. The second-order valence-corrected chi connectivity index (χ2v) is 12.1. The summed E-state index contributed by atoms with van der Waals surface area (Å²) in [6.07, 6.45) is 9.01. The number of amides is 3. The van der Waals surface area contributed by atoms with E-state index < -0.39 is 16.7 Å². The maximum absolute atomic E-state index is 13.8. The van der Waals surface area contributed by atoms with E-state index in [0.717, 1.165) is 64.2 Å². The van der Waals surface area contributed by atoms with E-state index in [1.807, 2.05) is 6.92 Å². The van der Waals surface area contributed by atoms with Crippen LogP contribution in [0.4, 0.5) is 0 Å². The summed E-state index contributed by atoms with van der Waals surface area (Å²) in [4.78, 5) is 42.4. The number of unbranched alkanes of at least 4 members (excludes halogenated alkanes) is 5. The number of hydrogen-bond acceptors (Lipinski definition) is 5. The van der Waals surface area contributed by atoms with Gasteiger partial charge in [-0.15, -0.1) is 11.8 Å². The van der Waals surface area contributed by atoms with E-state index in [1.54, 1.807) is 16.7 Å². The Kier molecular flexibility index (Phi) is 9.12. The van der Waals surface area contributed by atoms with Crippen LogP contribution in [0.3, 0.4) is 0 Å². The minimum absolute atomic E-state index is 0.0153. The number of aliphatic hydroxyl groups excluding tert-OH is 1. The number of hydrogen-bond donors (Lipinski definition) is 3. The summed E-state index contributed by atoms with van der Waals surface area (Å²) in [5.74, 6) is -0.909. The van der Waals surface area contributed by atoms with Gasteiger partial charge in [0, 0.05) is 31.0 Å². The van der Waals surface area contributed by atoms with Gasteiger partial charge >= 0.3 is 0 Å². The zero-order valence-electron chi connectivity index (χ0n) is 20.7.